The maximum absolute atomic E-state index is 13.1. The number of alkyl halides is 2. The summed E-state index contributed by atoms with van der Waals surface area (Å²) in [5.41, 5.74) is 0.959. The molecule has 1 heterocycles. The molecule has 1 atom stereocenters. The Bertz CT molecular complexity index is 522. The van der Waals surface area contributed by atoms with Gasteiger partial charge < -0.3 is 10.0 Å². The summed E-state index contributed by atoms with van der Waals surface area (Å²) < 4.78 is 26.2. The molecule has 102 valence electrons. The first-order valence-electron chi connectivity index (χ1n) is 5.60. The Balaban J connectivity index is 2.19. The summed E-state index contributed by atoms with van der Waals surface area (Å²) in [5.74, 6) is -3.85. The quantitative estimate of drug-likeness (QED) is 0.924. The fourth-order valence-corrected chi connectivity index (χ4v) is 3.01. The van der Waals surface area contributed by atoms with Crippen molar-refractivity contribution in [2.75, 3.05) is 7.05 Å². The summed E-state index contributed by atoms with van der Waals surface area (Å²) in [6.07, 6.45) is 0. The lowest BCUT2D eigenvalue weighted by Crippen LogP contribution is -2.22. The van der Waals surface area contributed by atoms with Gasteiger partial charge in [-0.2, -0.15) is 0 Å². The summed E-state index contributed by atoms with van der Waals surface area (Å²) in [6.45, 7) is 0.850. The van der Waals surface area contributed by atoms with Crippen molar-refractivity contribution in [2.24, 2.45) is 0 Å². The van der Waals surface area contributed by atoms with Crippen LogP contribution in [0, 0.1) is 0 Å². The number of likely N-dealkylation sites (N-methyl/N-ethyl adjacent to an activating group) is 1. The number of rotatable bonds is 3. The Morgan fingerprint density at radius 1 is 1.37 bits per heavy atom. The average molecular weight is 285 g/mol. The molecule has 0 spiro atoms. The molecular formula is C13H13F2NO2S. The second-order valence-electron chi connectivity index (χ2n) is 4.42. The molecule has 19 heavy (non-hydrogen) atoms. The largest absolute Gasteiger partial charge is 0.477 e. The second-order valence-corrected chi connectivity index (χ2v) is 5.37. The molecule has 0 aliphatic carbocycles. The van der Waals surface area contributed by atoms with Gasteiger partial charge in [0.2, 0.25) is 0 Å². The minimum Gasteiger partial charge on any atom is -0.477 e. The fraction of sp³-hybridized carbons (Fsp3) is 0.308. The van der Waals surface area contributed by atoms with Gasteiger partial charge in [0.05, 0.1) is 0 Å². The number of halogens is 2. The third-order valence-corrected chi connectivity index (χ3v) is 4.17. The van der Waals surface area contributed by atoms with Gasteiger partial charge in [-0.05, 0) is 5.56 Å². The maximum atomic E-state index is 13.1. The van der Waals surface area contributed by atoms with Gasteiger partial charge in [-0.3, -0.25) is 0 Å². The molecule has 1 unspecified atom stereocenters. The summed E-state index contributed by atoms with van der Waals surface area (Å²) in [6, 6.07) is 5.98. The zero-order valence-corrected chi connectivity index (χ0v) is 11.2. The number of benzene rings is 1. The Labute approximate surface area is 113 Å². The Morgan fingerprint density at radius 3 is 2.37 bits per heavy atom. The molecule has 0 saturated carbocycles. The lowest BCUT2D eigenvalue weighted by Gasteiger charge is -2.23. The van der Waals surface area contributed by atoms with Crippen LogP contribution in [0.4, 0.5) is 8.78 Å². The van der Waals surface area contributed by atoms with Crippen LogP contribution in [0.25, 0.3) is 0 Å². The summed E-state index contributed by atoms with van der Waals surface area (Å²) in [5, 5.41) is 10.4. The highest BCUT2D eigenvalue weighted by atomic mass is 32.2. The van der Waals surface area contributed by atoms with Crippen molar-refractivity contribution in [1.82, 2.24) is 4.90 Å². The molecule has 0 amide bonds. The van der Waals surface area contributed by atoms with Crippen LogP contribution < -0.4 is 0 Å². The first kappa shape index (κ1) is 13.9. The Hall–Kier alpha value is -1.56. The number of aliphatic carboxylic acids is 1. The zero-order chi connectivity index (χ0) is 14.2. The molecule has 0 radical (unpaired) electrons. The van der Waals surface area contributed by atoms with E-state index < -0.39 is 11.9 Å². The van der Waals surface area contributed by atoms with Gasteiger partial charge in [-0.15, -0.1) is 11.8 Å². The average Bonchev–Trinajstić information content (AvgIpc) is 2.70. The molecule has 0 aromatic heterocycles. The van der Waals surface area contributed by atoms with E-state index in [1.165, 1.54) is 23.9 Å². The van der Waals surface area contributed by atoms with Gasteiger partial charge in [0.15, 0.2) is 0 Å². The predicted molar refractivity (Wildman–Crippen MR) is 69.8 cm³/mol. The molecule has 2 rings (SSSR count). The fourth-order valence-electron chi connectivity index (χ4n) is 1.87. The van der Waals surface area contributed by atoms with Crippen molar-refractivity contribution < 1.29 is 18.7 Å². The normalized spacial score (nSPS) is 19.5. The van der Waals surface area contributed by atoms with E-state index in [0.717, 1.165) is 12.5 Å². The van der Waals surface area contributed by atoms with Gasteiger partial charge in [0, 0.05) is 24.9 Å². The number of carbonyl (C=O) groups is 1. The van der Waals surface area contributed by atoms with E-state index in [-0.39, 0.29) is 16.6 Å². The molecule has 1 aromatic carbocycles. The van der Waals surface area contributed by atoms with E-state index in [1.54, 1.807) is 29.5 Å². The van der Waals surface area contributed by atoms with Crippen LogP contribution in [0.3, 0.4) is 0 Å². The van der Waals surface area contributed by atoms with E-state index in [4.69, 9.17) is 5.11 Å². The first-order valence-corrected chi connectivity index (χ1v) is 6.55. The van der Waals surface area contributed by atoms with Crippen LogP contribution in [0.15, 0.2) is 35.4 Å². The lowest BCUT2D eigenvalue weighted by molar-refractivity contribution is -0.134. The predicted octanol–water partition coefficient (Wildman–Crippen LogP) is 3.40. The number of carboxylic acids is 1. The van der Waals surface area contributed by atoms with Crippen molar-refractivity contribution in [3.8, 4) is 0 Å². The highest BCUT2D eigenvalue weighted by Gasteiger charge is 2.30. The van der Waals surface area contributed by atoms with Crippen LogP contribution in [-0.4, -0.2) is 23.0 Å². The molecular weight excluding hydrogens is 272 g/mol. The zero-order valence-electron chi connectivity index (χ0n) is 10.4. The highest BCUT2D eigenvalue weighted by Crippen LogP contribution is 2.41. The first-order chi connectivity index (χ1) is 8.80. The van der Waals surface area contributed by atoms with E-state index in [2.05, 4.69) is 0 Å². The number of carboxylic acid groups (broad SMARTS) is 1. The van der Waals surface area contributed by atoms with Crippen molar-refractivity contribution >= 4 is 17.7 Å². The topological polar surface area (TPSA) is 40.5 Å². The van der Waals surface area contributed by atoms with E-state index in [0.29, 0.717) is 0 Å². The molecule has 0 bridgehead atoms. The molecule has 3 nitrogen and oxygen atoms in total. The van der Waals surface area contributed by atoms with Crippen molar-refractivity contribution in [3.63, 3.8) is 0 Å². The SMILES string of the molecule is CN1C(C(=O)O)=CSC1c1ccc(C(C)(F)F)cc1. The van der Waals surface area contributed by atoms with Gasteiger partial charge in [-0.25, -0.2) is 13.6 Å². The third kappa shape index (κ3) is 2.73. The summed E-state index contributed by atoms with van der Waals surface area (Å²) >= 11 is 1.35. The smallest absolute Gasteiger partial charge is 0.352 e. The van der Waals surface area contributed by atoms with Gasteiger partial charge >= 0.3 is 5.97 Å². The monoisotopic (exact) mass is 285 g/mol. The number of hydrogen-bond acceptors (Lipinski definition) is 3. The van der Waals surface area contributed by atoms with E-state index >= 15 is 0 Å². The molecule has 1 aromatic rings. The van der Waals surface area contributed by atoms with Crippen LogP contribution in [-0.2, 0) is 10.7 Å². The summed E-state index contributed by atoms with van der Waals surface area (Å²) in [7, 11) is 1.67. The molecule has 1 aliphatic rings. The molecule has 6 heteroatoms. The van der Waals surface area contributed by atoms with Gasteiger partial charge in [0.25, 0.3) is 5.92 Å². The number of thioether (sulfide) groups is 1. The molecule has 1 aliphatic heterocycles. The van der Waals surface area contributed by atoms with Crippen molar-refractivity contribution in [2.45, 2.75) is 18.2 Å². The van der Waals surface area contributed by atoms with Gasteiger partial charge in [-0.1, -0.05) is 24.3 Å². The van der Waals surface area contributed by atoms with Crippen LogP contribution >= 0.6 is 11.8 Å². The van der Waals surface area contributed by atoms with Crippen LogP contribution in [0.5, 0.6) is 0 Å². The Kier molecular flexibility index (Phi) is 3.54. The molecule has 0 saturated heterocycles. The van der Waals surface area contributed by atoms with E-state index in [9.17, 15) is 13.6 Å². The lowest BCUT2D eigenvalue weighted by atomic mass is 10.1. The minimum absolute atomic E-state index is 0.0479. The number of nitrogens with zero attached hydrogens (tertiary/aromatic N) is 1. The standard InChI is InChI=1S/C13H13F2NO2S/c1-13(14,15)9-5-3-8(4-6-9)11-16(2)10(7-19-11)12(17)18/h3-7,11H,1-2H3,(H,17,18). The van der Waals surface area contributed by atoms with Gasteiger partial charge in [0.1, 0.15) is 11.1 Å². The molecule has 1 N–H and O–H groups in total. The van der Waals surface area contributed by atoms with Crippen molar-refractivity contribution in [1.29, 1.82) is 0 Å². The number of hydrogen-bond donors (Lipinski definition) is 1. The molecule has 0 fully saturated rings. The van der Waals surface area contributed by atoms with Crippen molar-refractivity contribution in [3.05, 3.63) is 46.5 Å². The van der Waals surface area contributed by atoms with Crippen LogP contribution in [0.1, 0.15) is 23.4 Å². The van der Waals surface area contributed by atoms with Crippen LogP contribution in [0.2, 0.25) is 0 Å². The highest BCUT2D eigenvalue weighted by molar-refractivity contribution is 8.02. The second kappa shape index (κ2) is 4.85. The van der Waals surface area contributed by atoms with E-state index in [1.807, 2.05) is 0 Å². The third-order valence-electron chi connectivity index (χ3n) is 2.96. The Morgan fingerprint density at radius 2 is 1.95 bits per heavy atom. The summed E-state index contributed by atoms with van der Waals surface area (Å²) in [4.78, 5) is 12.6. The minimum atomic E-state index is -2.86. The maximum Gasteiger partial charge on any atom is 0.352 e.